The number of amides is 2. The highest BCUT2D eigenvalue weighted by molar-refractivity contribution is 5.72. The minimum atomic E-state index is -0.968. The maximum Gasteiger partial charge on any atom is 0.317 e. The molecular formula is C7H15N3O4. The van der Waals surface area contributed by atoms with Crippen LogP contribution >= 0.6 is 0 Å². The highest BCUT2D eigenvalue weighted by Crippen LogP contribution is 1.94. The van der Waals surface area contributed by atoms with Crippen LogP contribution in [0.5, 0.6) is 0 Å². The largest absolute Gasteiger partial charge is 0.480 e. The Bertz CT molecular complexity index is 191. The predicted octanol–water partition coefficient (Wildman–Crippen LogP) is -1.57. The van der Waals surface area contributed by atoms with Crippen LogP contribution in [0, 0.1) is 0 Å². The van der Waals surface area contributed by atoms with Crippen LogP contribution in [0.25, 0.3) is 0 Å². The standard InChI is InChI=1S/C5H10N2O2.C2H5NO2/c6-5(8)7-1-3-9-4-2-7;3-1-2(4)5/h1-4H2,(H2,6,8);1,3H2,(H,4,5). The first-order valence-corrected chi connectivity index (χ1v) is 4.12. The Labute approximate surface area is 81.6 Å². The molecule has 0 aromatic heterocycles. The van der Waals surface area contributed by atoms with Gasteiger partial charge in [-0.05, 0) is 0 Å². The lowest BCUT2D eigenvalue weighted by atomic mass is 10.4. The van der Waals surface area contributed by atoms with E-state index in [1.54, 1.807) is 4.90 Å². The summed E-state index contributed by atoms with van der Waals surface area (Å²) in [5.74, 6) is -0.968. The van der Waals surface area contributed by atoms with Gasteiger partial charge in [-0.3, -0.25) is 4.79 Å². The van der Waals surface area contributed by atoms with Gasteiger partial charge < -0.3 is 26.2 Å². The van der Waals surface area contributed by atoms with Gasteiger partial charge in [-0.1, -0.05) is 0 Å². The predicted molar refractivity (Wildman–Crippen MR) is 48.7 cm³/mol. The van der Waals surface area contributed by atoms with E-state index in [1.165, 1.54) is 0 Å². The molecule has 0 spiro atoms. The third-order valence-electron chi connectivity index (χ3n) is 1.50. The molecule has 0 unspecified atom stereocenters. The first kappa shape index (κ1) is 12.7. The van der Waals surface area contributed by atoms with Gasteiger partial charge >= 0.3 is 12.0 Å². The van der Waals surface area contributed by atoms with E-state index in [-0.39, 0.29) is 12.6 Å². The Hall–Kier alpha value is -1.34. The number of carboxylic acid groups (broad SMARTS) is 1. The average molecular weight is 205 g/mol. The summed E-state index contributed by atoms with van der Waals surface area (Å²) in [5.41, 5.74) is 9.57. The second kappa shape index (κ2) is 7.10. The third kappa shape index (κ3) is 6.21. The van der Waals surface area contributed by atoms with Gasteiger partial charge in [0.05, 0.1) is 19.8 Å². The Morgan fingerprint density at radius 2 is 1.79 bits per heavy atom. The van der Waals surface area contributed by atoms with Gasteiger partial charge in [0.15, 0.2) is 0 Å². The van der Waals surface area contributed by atoms with Crippen molar-refractivity contribution >= 4 is 12.0 Å². The number of urea groups is 1. The number of carbonyl (C=O) groups excluding carboxylic acids is 1. The van der Waals surface area contributed by atoms with E-state index in [2.05, 4.69) is 5.73 Å². The maximum atomic E-state index is 10.4. The number of carboxylic acids is 1. The van der Waals surface area contributed by atoms with Crippen molar-refractivity contribution in [3.8, 4) is 0 Å². The zero-order valence-electron chi connectivity index (χ0n) is 7.81. The molecule has 1 saturated heterocycles. The highest BCUT2D eigenvalue weighted by Gasteiger charge is 2.12. The summed E-state index contributed by atoms with van der Waals surface area (Å²) < 4.78 is 5.00. The molecule has 1 rings (SSSR count). The lowest BCUT2D eigenvalue weighted by molar-refractivity contribution is -0.135. The lowest BCUT2D eigenvalue weighted by Gasteiger charge is -2.24. The quantitative estimate of drug-likeness (QED) is 0.477. The number of aliphatic carboxylic acids is 1. The van der Waals surface area contributed by atoms with Gasteiger partial charge in [0.25, 0.3) is 0 Å². The number of carbonyl (C=O) groups is 2. The zero-order valence-corrected chi connectivity index (χ0v) is 7.81. The van der Waals surface area contributed by atoms with Crippen LogP contribution in [0.15, 0.2) is 0 Å². The zero-order chi connectivity index (χ0) is 11.0. The molecule has 7 heteroatoms. The minimum Gasteiger partial charge on any atom is -0.480 e. The Morgan fingerprint density at radius 3 is 2.00 bits per heavy atom. The second-order valence-electron chi connectivity index (χ2n) is 2.54. The summed E-state index contributed by atoms with van der Waals surface area (Å²) in [6.07, 6.45) is 0. The Morgan fingerprint density at radius 1 is 1.36 bits per heavy atom. The number of nitrogens with zero attached hydrogens (tertiary/aromatic N) is 1. The van der Waals surface area contributed by atoms with Crippen molar-refractivity contribution < 1.29 is 19.4 Å². The number of primary amides is 1. The summed E-state index contributed by atoms with van der Waals surface area (Å²) in [7, 11) is 0. The van der Waals surface area contributed by atoms with E-state index < -0.39 is 5.97 Å². The molecule has 7 nitrogen and oxygen atoms in total. The normalized spacial score (nSPS) is 15.4. The summed E-state index contributed by atoms with van der Waals surface area (Å²) in [5, 5.41) is 7.60. The molecule has 0 saturated carbocycles. The van der Waals surface area contributed by atoms with Crippen molar-refractivity contribution in [3.05, 3.63) is 0 Å². The van der Waals surface area contributed by atoms with Gasteiger partial charge in [0.1, 0.15) is 0 Å². The SMILES string of the molecule is NC(=O)N1CCOCC1.NCC(=O)O. The van der Waals surface area contributed by atoms with Crippen molar-refractivity contribution in [2.24, 2.45) is 11.5 Å². The van der Waals surface area contributed by atoms with Crippen LogP contribution in [0.4, 0.5) is 4.79 Å². The van der Waals surface area contributed by atoms with Gasteiger partial charge in [0, 0.05) is 13.1 Å². The number of rotatable bonds is 1. The first-order chi connectivity index (χ1) is 6.57. The van der Waals surface area contributed by atoms with Crippen molar-refractivity contribution in [2.45, 2.75) is 0 Å². The summed E-state index contributed by atoms with van der Waals surface area (Å²) in [6, 6.07) is -0.349. The van der Waals surface area contributed by atoms with Crippen molar-refractivity contribution in [1.82, 2.24) is 4.90 Å². The third-order valence-corrected chi connectivity index (χ3v) is 1.50. The number of nitrogens with two attached hydrogens (primary N) is 2. The molecule has 2 amide bonds. The summed E-state index contributed by atoms with van der Waals surface area (Å²) in [6.45, 7) is 2.22. The fraction of sp³-hybridized carbons (Fsp3) is 0.714. The van der Waals surface area contributed by atoms with Gasteiger partial charge in [0.2, 0.25) is 0 Å². The molecule has 82 valence electrons. The number of hydrogen-bond donors (Lipinski definition) is 3. The highest BCUT2D eigenvalue weighted by atomic mass is 16.5. The van der Waals surface area contributed by atoms with E-state index in [0.717, 1.165) is 0 Å². The number of morpholine rings is 1. The summed E-state index contributed by atoms with van der Waals surface area (Å²) >= 11 is 0. The van der Waals surface area contributed by atoms with Gasteiger partial charge in [-0.2, -0.15) is 0 Å². The molecule has 1 fully saturated rings. The smallest absolute Gasteiger partial charge is 0.317 e. The molecular weight excluding hydrogens is 190 g/mol. The molecule has 0 aromatic rings. The molecule has 1 aliphatic heterocycles. The molecule has 0 aromatic carbocycles. The molecule has 5 N–H and O–H groups in total. The molecule has 1 aliphatic rings. The van der Waals surface area contributed by atoms with E-state index in [9.17, 15) is 9.59 Å². The molecule has 14 heavy (non-hydrogen) atoms. The van der Waals surface area contributed by atoms with Crippen LogP contribution in [0.3, 0.4) is 0 Å². The average Bonchev–Trinajstić information content (AvgIpc) is 2.20. The minimum absolute atomic E-state index is 0.278. The van der Waals surface area contributed by atoms with Crippen LogP contribution in [-0.4, -0.2) is 54.9 Å². The van der Waals surface area contributed by atoms with Crippen LogP contribution in [0.1, 0.15) is 0 Å². The van der Waals surface area contributed by atoms with Crippen molar-refractivity contribution in [3.63, 3.8) is 0 Å². The molecule has 0 atom stereocenters. The molecule has 1 heterocycles. The van der Waals surface area contributed by atoms with Crippen LogP contribution in [0.2, 0.25) is 0 Å². The van der Waals surface area contributed by atoms with Crippen LogP contribution in [-0.2, 0) is 9.53 Å². The molecule has 0 radical (unpaired) electrons. The number of ether oxygens (including phenoxy) is 1. The van der Waals surface area contributed by atoms with Gasteiger partial charge in [-0.15, -0.1) is 0 Å². The molecule has 0 aliphatic carbocycles. The number of hydrogen-bond acceptors (Lipinski definition) is 4. The van der Waals surface area contributed by atoms with E-state index in [4.69, 9.17) is 15.6 Å². The monoisotopic (exact) mass is 205 g/mol. The van der Waals surface area contributed by atoms with Crippen molar-refractivity contribution in [1.29, 1.82) is 0 Å². The first-order valence-electron chi connectivity index (χ1n) is 4.12. The topological polar surface area (TPSA) is 119 Å². The van der Waals surface area contributed by atoms with E-state index in [1.807, 2.05) is 0 Å². The fourth-order valence-electron chi connectivity index (χ4n) is 0.784. The van der Waals surface area contributed by atoms with E-state index in [0.29, 0.717) is 26.3 Å². The molecule has 0 bridgehead atoms. The maximum absolute atomic E-state index is 10.4. The summed E-state index contributed by atoms with van der Waals surface area (Å²) in [4.78, 5) is 21.3. The fourth-order valence-corrected chi connectivity index (χ4v) is 0.784. The van der Waals surface area contributed by atoms with Gasteiger partial charge in [-0.25, -0.2) is 4.79 Å². The van der Waals surface area contributed by atoms with Crippen LogP contribution < -0.4 is 11.5 Å². The van der Waals surface area contributed by atoms with E-state index >= 15 is 0 Å². The lowest BCUT2D eigenvalue weighted by Crippen LogP contribution is -2.43. The Balaban J connectivity index is 0.000000292. The Kier molecular flexibility index (Phi) is 6.42. The second-order valence-corrected chi connectivity index (χ2v) is 2.54. The van der Waals surface area contributed by atoms with Crippen molar-refractivity contribution in [2.75, 3.05) is 32.8 Å².